The molecule has 4 nitrogen and oxygen atoms in total. The number of ketones is 2. The van der Waals surface area contributed by atoms with Crippen molar-refractivity contribution in [2.45, 2.75) is 25.7 Å². The van der Waals surface area contributed by atoms with Crippen LogP contribution in [-0.2, 0) is 12.8 Å². The zero-order valence-electron chi connectivity index (χ0n) is 11.3. The van der Waals surface area contributed by atoms with Crippen molar-refractivity contribution in [3.05, 3.63) is 57.9 Å². The number of hydrogen-bond acceptors (Lipinski definition) is 4. The van der Waals surface area contributed by atoms with Gasteiger partial charge in [0.1, 0.15) is 5.75 Å². The summed E-state index contributed by atoms with van der Waals surface area (Å²) in [5.41, 5.74) is 3.09. The summed E-state index contributed by atoms with van der Waals surface area (Å²) in [7, 11) is 0. The van der Waals surface area contributed by atoms with Gasteiger partial charge in [-0.25, -0.2) is 0 Å². The molecule has 2 aromatic rings. The third-order valence-electron chi connectivity index (χ3n) is 4.35. The molecule has 21 heavy (non-hydrogen) atoms. The molecule has 0 unspecified atom stereocenters. The minimum absolute atomic E-state index is 0.104. The van der Waals surface area contributed by atoms with Crippen LogP contribution in [0.3, 0.4) is 0 Å². The van der Waals surface area contributed by atoms with E-state index in [1.54, 1.807) is 12.1 Å². The molecular weight excluding hydrogens is 266 g/mol. The van der Waals surface area contributed by atoms with E-state index in [4.69, 9.17) is 0 Å². The number of rotatable bonds is 0. The first-order valence-corrected chi connectivity index (χ1v) is 7.10. The number of nitrogens with zero attached hydrogens (tertiary/aromatic N) is 1. The molecule has 0 saturated carbocycles. The van der Waals surface area contributed by atoms with Crippen LogP contribution in [0.25, 0.3) is 0 Å². The maximum absolute atomic E-state index is 12.8. The van der Waals surface area contributed by atoms with Gasteiger partial charge < -0.3 is 5.11 Å². The van der Waals surface area contributed by atoms with Gasteiger partial charge >= 0.3 is 0 Å². The molecule has 0 bridgehead atoms. The fraction of sp³-hybridized carbons (Fsp3) is 0.235. The van der Waals surface area contributed by atoms with Gasteiger partial charge in [-0.2, -0.15) is 0 Å². The Morgan fingerprint density at radius 1 is 0.952 bits per heavy atom. The van der Waals surface area contributed by atoms with Gasteiger partial charge in [0.2, 0.25) is 0 Å². The summed E-state index contributed by atoms with van der Waals surface area (Å²) in [6.07, 6.45) is 5.22. The van der Waals surface area contributed by atoms with Crippen LogP contribution in [0.2, 0.25) is 0 Å². The van der Waals surface area contributed by atoms with Crippen molar-refractivity contribution in [1.82, 2.24) is 4.98 Å². The van der Waals surface area contributed by atoms with Crippen LogP contribution in [0.4, 0.5) is 0 Å². The number of fused-ring (bicyclic) bond motifs is 4. The van der Waals surface area contributed by atoms with E-state index in [1.165, 1.54) is 12.3 Å². The smallest absolute Gasteiger partial charge is 0.199 e. The quantitative estimate of drug-likeness (QED) is 0.686. The summed E-state index contributed by atoms with van der Waals surface area (Å²) < 4.78 is 0. The lowest BCUT2D eigenvalue weighted by Crippen LogP contribution is -2.25. The Kier molecular flexibility index (Phi) is 2.48. The van der Waals surface area contributed by atoms with Crippen molar-refractivity contribution < 1.29 is 14.7 Å². The van der Waals surface area contributed by atoms with E-state index in [9.17, 15) is 14.7 Å². The van der Waals surface area contributed by atoms with Crippen molar-refractivity contribution >= 4 is 11.6 Å². The molecule has 1 aromatic carbocycles. The van der Waals surface area contributed by atoms with Crippen LogP contribution in [-0.4, -0.2) is 21.7 Å². The van der Waals surface area contributed by atoms with Crippen molar-refractivity contribution in [2.75, 3.05) is 0 Å². The van der Waals surface area contributed by atoms with Crippen LogP contribution in [0.5, 0.6) is 5.75 Å². The van der Waals surface area contributed by atoms with Crippen LogP contribution in [0.1, 0.15) is 55.9 Å². The van der Waals surface area contributed by atoms with E-state index < -0.39 is 0 Å². The van der Waals surface area contributed by atoms with Crippen molar-refractivity contribution in [3.8, 4) is 5.75 Å². The van der Waals surface area contributed by atoms with Crippen LogP contribution >= 0.6 is 0 Å². The Morgan fingerprint density at radius 2 is 1.71 bits per heavy atom. The molecule has 1 N–H and O–H groups in total. The number of phenols is 1. The highest BCUT2D eigenvalue weighted by molar-refractivity contribution is 6.29. The number of phenolic OH excluding ortho intramolecular Hbond substituents is 1. The van der Waals surface area contributed by atoms with E-state index in [0.717, 1.165) is 36.9 Å². The Labute approximate surface area is 121 Å². The second-order valence-corrected chi connectivity index (χ2v) is 5.54. The van der Waals surface area contributed by atoms with E-state index in [0.29, 0.717) is 16.7 Å². The fourth-order valence-electron chi connectivity index (χ4n) is 3.34. The standard InChI is InChI=1S/C17H13NO3/c19-13-7-3-5-10-15(13)17(21)11-8-18-12-6-2-1-4-9(12)14(11)16(10)20/h3,5,7-8,19H,1-2,4,6H2. The molecule has 1 aromatic heterocycles. The molecule has 4 heteroatoms. The van der Waals surface area contributed by atoms with Crippen LogP contribution in [0, 0.1) is 0 Å². The Hall–Kier alpha value is -2.49. The van der Waals surface area contributed by atoms with Gasteiger partial charge in [0.15, 0.2) is 11.6 Å². The summed E-state index contributed by atoms with van der Waals surface area (Å²) in [4.78, 5) is 29.8. The molecule has 0 spiro atoms. The average Bonchev–Trinajstić information content (AvgIpc) is 2.51. The van der Waals surface area contributed by atoms with Crippen LogP contribution < -0.4 is 0 Å². The molecule has 0 radical (unpaired) electrons. The lowest BCUT2D eigenvalue weighted by molar-refractivity contribution is 0.0975. The van der Waals surface area contributed by atoms with Gasteiger partial charge in [-0.1, -0.05) is 12.1 Å². The lowest BCUT2D eigenvalue weighted by Gasteiger charge is -2.24. The summed E-state index contributed by atoms with van der Waals surface area (Å²) in [5, 5.41) is 9.92. The van der Waals surface area contributed by atoms with E-state index in [2.05, 4.69) is 4.98 Å². The van der Waals surface area contributed by atoms with Crippen molar-refractivity contribution in [1.29, 1.82) is 0 Å². The number of aryl methyl sites for hydroxylation is 1. The van der Waals surface area contributed by atoms with Gasteiger partial charge in [0, 0.05) is 23.0 Å². The normalized spacial score (nSPS) is 16.2. The number of aromatic nitrogens is 1. The molecule has 0 fully saturated rings. The van der Waals surface area contributed by atoms with Crippen molar-refractivity contribution in [3.63, 3.8) is 0 Å². The summed E-state index contributed by atoms with van der Waals surface area (Å²) in [5.74, 6) is -0.621. The number of carbonyl (C=O) groups excluding carboxylic acids is 2. The molecule has 0 saturated heterocycles. The van der Waals surface area contributed by atoms with Gasteiger partial charge in [0.25, 0.3) is 0 Å². The molecule has 4 rings (SSSR count). The second kappa shape index (κ2) is 4.25. The first-order valence-electron chi connectivity index (χ1n) is 7.10. The predicted octanol–water partition coefficient (Wildman–Crippen LogP) is 2.44. The highest BCUT2D eigenvalue weighted by atomic mass is 16.3. The molecule has 0 aliphatic heterocycles. The zero-order chi connectivity index (χ0) is 14.6. The molecule has 2 aliphatic carbocycles. The number of hydrogen-bond donors (Lipinski definition) is 1. The minimum Gasteiger partial charge on any atom is -0.507 e. The molecular formula is C17H13NO3. The third kappa shape index (κ3) is 1.59. The predicted molar refractivity (Wildman–Crippen MR) is 75.9 cm³/mol. The average molecular weight is 279 g/mol. The zero-order valence-corrected chi connectivity index (χ0v) is 11.3. The number of carbonyl (C=O) groups is 2. The van der Waals surface area contributed by atoms with E-state index in [-0.39, 0.29) is 22.9 Å². The van der Waals surface area contributed by atoms with Gasteiger partial charge in [-0.15, -0.1) is 0 Å². The Balaban J connectivity index is 2.03. The topological polar surface area (TPSA) is 67.3 Å². The van der Waals surface area contributed by atoms with E-state index >= 15 is 0 Å². The van der Waals surface area contributed by atoms with Crippen LogP contribution in [0.15, 0.2) is 24.4 Å². The molecule has 0 atom stereocenters. The molecule has 1 heterocycles. The summed E-state index contributed by atoms with van der Waals surface area (Å²) in [6, 6.07) is 4.63. The summed E-state index contributed by atoms with van der Waals surface area (Å²) >= 11 is 0. The summed E-state index contributed by atoms with van der Waals surface area (Å²) in [6.45, 7) is 0. The first kappa shape index (κ1) is 12.3. The largest absolute Gasteiger partial charge is 0.507 e. The highest BCUT2D eigenvalue weighted by Crippen LogP contribution is 2.36. The molecule has 2 aliphatic rings. The van der Waals surface area contributed by atoms with Crippen molar-refractivity contribution in [2.24, 2.45) is 0 Å². The number of benzene rings is 1. The Morgan fingerprint density at radius 3 is 2.57 bits per heavy atom. The SMILES string of the molecule is O=C1c2cnc3c(c2C(=O)c2cccc(O)c21)CCCC3. The fourth-order valence-corrected chi connectivity index (χ4v) is 3.34. The van der Waals surface area contributed by atoms with Gasteiger partial charge in [-0.3, -0.25) is 14.6 Å². The monoisotopic (exact) mass is 279 g/mol. The number of aromatic hydroxyl groups is 1. The highest BCUT2D eigenvalue weighted by Gasteiger charge is 2.35. The van der Waals surface area contributed by atoms with Gasteiger partial charge in [-0.05, 0) is 37.3 Å². The van der Waals surface area contributed by atoms with E-state index in [1.807, 2.05) is 0 Å². The second-order valence-electron chi connectivity index (χ2n) is 5.54. The first-order chi connectivity index (χ1) is 10.2. The maximum Gasteiger partial charge on any atom is 0.199 e. The lowest BCUT2D eigenvalue weighted by atomic mass is 9.79. The number of pyridine rings is 1. The molecule has 104 valence electrons. The van der Waals surface area contributed by atoms with Gasteiger partial charge in [0.05, 0.1) is 11.1 Å². The minimum atomic E-state index is -0.307. The maximum atomic E-state index is 12.8. The Bertz CT molecular complexity index is 808. The molecule has 0 amide bonds. The third-order valence-corrected chi connectivity index (χ3v) is 4.35.